The molecule has 1 fully saturated rings. The monoisotopic (exact) mass is 495 g/mol. The van der Waals surface area contributed by atoms with E-state index in [1.165, 1.54) is 0 Å². The lowest BCUT2D eigenvalue weighted by Crippen LogP contribution is -2.29. The number of nitrogens with zero attached hydrogens (tertiary/aromatic N) is 2. The van der Waals surface area contributed by atoms with Crippen LogP contribution in [0.5, 0.6) is 5.75 Å². The van der Waals surface area contributed by atoms with Crippen LogP contribution in [0.3, 0.4) is 0 Å². The van der Waals surface area contributed by atoms with Crippen molar-refractivity contribution in [1.29, 1.82) is 0 Å². The zero-order valence-electron chi connectivity index (χ0n) is 17.5. The highest BCUT2D eigenvalue weighted by atomic mass is 35.5. The summed E-state index contributed by atoms with van der Waals surface area (Å²) in [7, 11) is 1.64. The largest absolute Gasteiger partial charge is 0.497 e. The number of ether oxygens (including phenoxy) is 1. The third-order valence-electron chi connectivity index (χ3n) is 5.57. The van der Waals surface area contributed by atoms with Crippen molar-refractivity contribution in [3.8, 4) is 17.1 Å². The molecule has 1 N–H and O–H groups in total. The summed E-state index contributed by atoms with van der Waals surface area (Å²) >= 11 is 18.1. The van der Waals surface area contributed by atoms with Crippen LogP contribution in [0.25, 0.3) is 11.3 Å². The maximum atomic E-state index is 6.35. The van der Waals surface area contributed by atoms with Crippen LogP contribution in [0.1, 0.15) is 23.5 Å². The Morgan fingerprint density at radius 2 is 1.82 bits per heavy atom. The average molecular weight is 496 g/mol. The average Bonchev–Trinajstić information content (AvgIpc) is 3.46. The molecular weight excluding hydrogens is 477 g/mol. The molecule has 0 aliphatic carbocycles. The predicted octanol–water partition coefficient (Wildman–Crippen LogP) is 6.83. The van der Waals surface area contributed by atoms with Crippen molar-refractivity contribution < 1.29 is 9.15 Å². The van der Waals surface area contributed by atoms with Crippen molar-refractivity contribution in [2.24, 2.45) is 0 Å². The van der Waals surface area contributed by atoms with E-state index >= 15 is 0 Å². The fourth-order valence-corrected chi connectivity index (χ4v) is 4.63. The van der Waals surface area contributed by atoms with E-state index in [0.717, 1.165) is 28.5 Å². The van der Waals surface area contributed by atoms with E-state index in [0.29, 0.717) is 20.9 Å². The normalized spacial score (nSPS) is 17.8. The second-order valence-corrected chi connectivity index (χ2v) is 8.73. The maximum absolute atomic E-state index is 6.35. The summed E-state index contributed by atoms with van der Waals surface area (Å²) in [5.74, 6) is 2.21. The Hall–Kier alpha value is -3.06. The van der Waals surface area contributed by atoms with Gasteiger partial charge in [-0.05, 0) is 78.9 Å². The van der Waals surface area contributed by atoms with E-state index in [2.05, 4.69) is 10.3 Å². The summed E-state index contributed by atoms with van der Waals surface area (Å²) in [6.07, 6.45) is 1.77. The number of aromatic nitrogens is 1. The molecule has 5 nitrogen and oxygen atoms in total. The number of furan rings is 1. The first kappa shape index (κ1) is 21.8. The first-order valence-corrected chi connectivity index (χ1v) is 11.4. The van der Waals surface area contributed by atoms with Gasteiger partial charge in [0.15, 0.2) is 5.11 Å². The molecule has 0 bridgehead atoms. The third kappa shape index (κ3) is 4.17. The van der Waals surface area contributed by atoms with Gasteiger partial charge in [-0.25, -0.2) is 0 Å². The van der Waals surface area contributed by atoms with Crippen LogP contribution >= 0.6 is 35.4 Å². The summed E-state index contributed by atoms with van der Waals surface area (Å²) < 4.78 is 11.7. The fraction of sp³-hybridized carbons (Fsp3) is 0.120. The molecule has 166 valence electrons. The molecule has 1 aliphatic rings. The Labute approximate surface area is 206 Å². The van der Waals surface area contributed by atoms with E-state index < -0.39 is 0 Å². The van der Waals surface area contributed by atoms with Crippen molar-refractivity contribution in [2.45, 2.75) is 12.1 Å². The second-order valence-electron chi connectivity index (χ2n) is 7.53. The summed E-state index contributed by atoms with van der Waals surface area (Å²) in [5, 5.41) is 4.99. The number of thiocarbonyl (C=S) groups is 1. The standard InChI is InChI=1S/C25H19Cl2N3O2S/c1-31-17-8-6-16(7-9-17)30-24(23(29-25(30)33)20-4-2-3-13-28-20)22-12-11-21(32-22)15-5-10-18(26)19(27)14-15/h2-14,23-24H,1H3,(H,29,33)/t23-,24-/m1/s1. The Balaban J connectivity index is 1.58. The van der Waals surface area contributed by atoms with Gasteiger partial charge in [-0.1, -0.05) is 29.3 Å². The number of rotatable bonds is 5. The number of halogens is 2. The number of methoxy groups -OCH3 is 1. The van der Waals surface area contributed by atoms with E-state index in [9.17, 15) is 0 Å². The molecule has 4 aromatic rings. The van der Waals surface area contributed by atoms with Crippen LogP contribution in [0.2, 0.25) is 10.0 Å². The minimum Gasteiger partial charge on any atom is -0.497 e. The van der Waals surface area contributed by atoms with E-state index in [1.807, 2.05) is 65.6 Å². The first-order valence-electron chi connectivity index (χ1n) is 10.2. The Kier molecular flexibility index (Phi) is 5.98. The van der Waals surface area contributed by atoms with Crippen molar-refractivity contribution in [2.75, 3.05) is 12.0 Å². The summed E-state index contributed by atoms with van der Waals surface area (Å²) in [4.78, 5) is 6.62. The van der Waals surface area contributed by atoms with Gasteiger partial charge in [0.2, 0.25) is 0 Å². The maximum Gasteiger partial charge on any atom is 0.174 e. The van der Waals surface area contributed by atoms with Crippen LogP contribution in [-0.4, -0.2) is 17.2 Å². The number of nitrogens with one attached hydrogen (secondary N) is 1. The minimum absolute atomic E-state index is 0.200. The molecule has 2 atom stereocenters. The van der Waals surface area contributed by atoms with Gasteiger partial charge in [-0.3, -0.25) is 4.98 Å². The molecule has 5 rings (SSSR count). The van der Waals surface area contributed by atoms with Crippen LogP contribution < -0.4 is 15.0 Å². The van der Waals surface area contributed by atoms with E-state index in [4.69, 9.17) is 44.6 Å². The molecule has 0 unspecified atom stereocenters. The van der Waals surface area contributed by atoms with Gasteiger partial charge in [0.25, 0.3) is 0 Å². The van der Waals surface area contributed by atoms with Gasteiger partial charge in [0.05, 0.1) is 28.9 Å². The Morgan fingerprint density at radius 3 is 2.52 bits per heavy atom. The van der Waals surface area contributed by atoms with Gasteiger partial charge < -0.3 is 19.4 Å². The van der Waals surface area contributed by atoms with Crippen molar-refractivity contribution >= 4 is 46.2 Å². The van der Waals surface area contributed by atoms with Crippen molar-refractivity contribution in [1.82, 2.24) is 10.3 Å². The van der Waals surface area contributed by atoms with Gasteiger partial charge in [0, 0.05) is 17.4 Å². The lowest BCUT2D eigenvalue weighted by Gasteiger charge is -2.26. The molecule has 0 radical (unpaired) electrons. The summed E-state index contributed by atoms with van der Waals surface area (Å²) in [5.41, 5.74) is 2.63. The molecule has 1 saturated heterocycles. The molecule has 1 aliphatic heterocycles. The van der Waals surface area contributed by atoms with Crippen LogP contribution in [-0.2, 0) is 0 Å². The number of benzene rings is 2. The van der Waals surface area contributed by atoms with Crippen LogP contribution in [0, 0.1) is 0 Å². The number of anilines is 1. The highest BCUT2D eigenvalue weighted by Gasteiger charge is 2.42. The molecule has 3 heterocycles. The predicted molar refractivity (Wildman–Crippen MR) is 135 cm³/mol. The van der Waals surface area contributed by atoms with Crippen LogP contribution in [0.15, 0.2) is 83.4 Å². The lowest BCUT2D eigenvalue weighted by molar-refractivity contribution is 0.414. The van der Waals surface area contributed by atoms with E-state index in [1.54, 1.807) is 25.4 Å². The fourth-order valence-electron chi connectivity index (χ4n) is 3.98. The van der Waals surface area contributed by atoms with Gasteiger partial charge in [0.1, 0.15) is 23.3 Å². The summed E-state index contributed by atoms with van der Waals surface area (Å²) in [6, 6.07) is 22.5. The zero-order valence-corrected chi connectivity index (χ0v) is 19.9. The molecule has 2 aromatic heterocycles. The molecule has 0 amide bonds. The topological polar surface area (TPSA) is 50.5 Å². The van der Waals surface area contributed by atoms with Gasteiger partial charge in [-0.15, -0.1) is 0 Å². The molecule has 0 spiro atoms. The highest BCUT2D eigenvalue weighted by Crippen LogP contribution is 2.43. The first-order chi connectivity index (χ1) is 16.0. The molecular formula is C25H19Cl2N3O2S. The van der Waals surface area contributed by atoms with Gasteiger partial charge >= 0.3 is 0 Å². The highest BCUT2D eigenvalue weighted by molar-refractivity contribution is 7.80. The van der Waals surface area contributed by atoms with Crippen molar-refractivity contribution in [3.05, 3.63) is 100 Å². The zero-order chi connectivity index (χ0) is 22.9. The van der Waals surface area contributed by atoms with Crippen LogP contribution in [0.4, 0.5) is 5.69 Å². The van der Waals surface area contributed by atoms with Crippen molar-refractivity contribution in [3.63, 3.8) is 0 Å². The molecule has 33 heavy (non-hydrogen) atoms. The molecule has 2 aromatic carbocycles. The van der Waals surface area contributed by atoms with E-state index in [-0.39, 0.29) is 12.1 Å². The molecule has 0 saturated carbocycles. The quantitative estimate of drug-likeness (QED) is 0.306. The Morgan fingerprint density at radius 1 is 1.00 bits per heavy atom. The number of hydrogen-bond acceptors (Lipinski definition) is 4. The molecule has 8 heteroatoms. The number of pyridine rings is 1. The minimum atomic E-state index is -0.252. The smallest absolute Gasteiger partial charge is 0.174 e. The second kappa shape index (κ2) is 9.06. The SMILES string of the molecule is COc1ccc(N2C(=S)N[C@H](c3ccccn3)[C@H]2c2ccc(-c3ccc(Cl)c(Cl)c3)o2)cc1. The number of hydrogen-bond donors (Lipinski definition) is 1. The lowest BCUT2D eigenvalue weighted by atomic mass is 10.0. The third-order valence-corrected chi connectivity index (χ3v) is 6.62. The Bertz CT molecular complexity index is 1290. The van der Waals surface area contributed by atoms with Gasteiger partial charge in [-0.2, -0.15) is 0 Å². The summed E-state index contributed by atoms with van der Waals surface area (Å²) in [6.45, 7) is 0.